The summed E-state index contributed by atoms with van der Waals surface area (Å²) in [6.45, 7) is 5.99. The van der Waals surface area contributed by atoms with Crippen LogP contribution in [0.3, 0.4) is 0 Å². The Bertz CT molecular complexity index is 1170. The zero-order valence-corrected chi connectivity index (χ0v) is 18.6. The highest BCUT2D eigenvalue weighted by atomic mass is 19.1. The molecule has 3 unspecified atom stereocenters. The van der Waals surface area contributed by atoms with Crippen molar-refractivity contribution in [3.63, 3.8) is 0 Å². The highest BCUT2D eigenvalue weighted by Gasteiger charge is 2.30. The van der Waals surface area contributed by atoms with Gasteiger partial charge in [0.1, 0.15) is 17.5 Å². The number of rotatable bonds is 3. The molecule has 8 nitrogen and oxygen atoms in total. The van der Waals surface area contributed by atoms with Crippen LogP contribution in [0.4, 0.5) is 25.2 Å². The first kappa shape index (κ1) is 21.6. The minimum absolute atomic E-state index is 0.204. The number of urea groups is 1. The van der Waals surface area contributed by atoms with E-state index in [2.05, 4.69) is 15.6 Å². The highest BCUT2D eigenvalue weighted by molar-refractivity contribution is 5.89. The molecule has 0 aliphatic carbocycles. The number of benzene rings is 1. The minimum Gasteiger partial charge on any atom is -0.348 e. The molecule has 3 atom stereocenters. The Kier molecular flexibility index (Phi) is 5.61. The van der Waals surface area contributed by atoms with Crippen LogP contribution in [-0.4, -0.2) is 57.2 Å². The molecular formula is C23H27F2N7O. The van der Waals surface area contributed by atoms with E-state index in [9.17, 15) is 13.6 Å². The summed E-state index contributed by atoms with van der Waals surface area (Å²) in [5, 5.41) is 11.0. The molecule has 2 amide bonds. The van der Waals surface area contributed by atoms with Crippen LogP contribution in [0, 0.1) is 11.6 Å². The van der Waals surface area contributed by atoms with Crippen molar-refractivity contribution in [1.29, 1.82) is 0 Å². The van der Waals surface area contributed by atoms with Crippen molar-refractivity contribution in [2.45, 2.75) is 44.8 Å². The standard InChI is InChI=1S/C23H27F2N7O/c1-14-12-30(13-15(2)27-14)23(33)28-22-11-26-20-7-8-21(29-32(20)22)31-9-3-4-19(31)17-10-16(24)5-6-18(17)25/h5-8,10-11,14-15,19,27H,3-4,9,12-13H2,1-2H3,(H,28,33). The van der Waals surface area contributed by atoms with Gasteiger partial charge in [-0.05, 0) is 57.0 Å². The van der Waals surface area contributed by atoms with Gasteiger partial charge in [0.25, 0.3) is 0 Å². The monoisotopic (exact) mass is 455 g/mol. The van der Waals surface area contributed by atoms with Gasteiger partial charge in [-0.3, -0.25) is 5.32 Å². The van der Waals surface area contributed by atoms with Gasteiger partial charge in [0.15, 0.2) is 11.5 Å². The quantitative estimate of drug-likeness (QED) is 0.632. The van der Waals surface area contributed by atoms with Gasteiger partial charge >= 0.3 is 6.03 Å². The minimum atomic E-state index is -0.460. The van der Waals surface area contributed by atoms with Crippen LogP contribution < -0.4 is 15.5 Å². The molecule has 3 aromatic rings. The number of imidazole rings is 1. The van der Waals surface area contributed by atoms with E-state index in [1.165, 1.54) is 12.1 Å². The van der Waals surface area contributed by atoms with Crippen molar-refractivity contribution >= 4 is 23.3 Å². The Morgan fingerprint density at radius 3 is 2.73 bits per heavy atom. The summed E-state index contributed by atoms with van der Waals surface area (Å²) in [6.07, 6.45) is 3.12. The van der Waals surface area contributed by atoms with Gasteiger partial charge < -0.3 is 15.1 Å². The Morgan fingerprint density at radius 1 is 1.15 bits per heavy atom. The van der Waals surface area contributed by atoms with Gasteiger partial charge in [-0.1, -0.05) is 0 Å². The maximum absolute atomic E-state index is 14.5. The molecule has 0 bridgehead atoms. The van der Waals surface area contributed by atoms with E-state index in [4.69, 9.17) is 5.10 Å². The average Bonchev–Trinajstić information content (AvgIpc) is 3.42. The number of carbonyl (C=O) groups excluding carboxylic acids is 1. The lowest BCUT2D eigenvalue weighted by Gasteiger charge is -2.35. The number of hydrogen-bond acceptors (Lipinski definition) is 5. The second-order valence-electron chi connectivity index (χ2n) is 8.93. The number of carbonyl (C=O) groups is 1. The predicted octanol–water partition coefficient (Wildman–Crippen LogP) is 3.56. The van der Waals surface area contributed by atoms with Crippen LogP contribution in [0.1, 0.15) is 38.3 Å². The van der Waals surface area contributed by atoms with E-state index in [0.717, 1.165) is 12.5 Å². The van der Waals surface area contributed by atoms with Gasteiger partial charge in [-0.25, -0.2) is 18.6 Å². The number of hydrogen-bond donors (Lipinski definition) is 2. The SMILES string of the molecule is CC1CN(C(=O)Nc2cnc3ccc(N4CCCC4c4cc(F)ccc4F)nn23)CC(C)N1. The molecule has 0 spiro atoms. The van der Waals surface area contributed by atoms with Crippen LogP contribution in [0.15, 0.2) is 36.5 Å². The Hall–Kier alpha value is -3.27. The fraction of sp³-hybridized carbons (Fsp3) is 0.435. The van der Waals surface area contributed by atoms with Crippen molar-refractivity contribution in [1.82, 2.24) is 24.8 Å². The molecule has 4 heterocycles. The highest BCUT2D eigenvalue weighted by Crippen LogP contribution is 2.36. The molecule has 2 fully saturated rings. The van der Waals surface area contributed by atoms with Gasteiger partial charge in [0.2, 0.25) is 0 Å². The second-order valence-corrected chi connectivity index (χ2v) is 8.93. The largest absolute Gasteiger partial charge is 0.348 e. The van der Waals surface area contributed by atoms with Crippen molar-refractivity contribution in [2.75, 3.05) is 29.9 Å². The van der Waals surface area contributed by atoms with E-state index >= 15 is 0 Å². The van der Waals surface area contributed by atoms with Gasteiger partial charge in [0.05, 0.1) is 12.2 Å². The lowest BCUT2D eigenvalue weighted by molar-refractivity contribution is 0.176. The topological polar surface area (TPSA) is 77.8 Å². The Morgan fingerprint density at radius 2 is 1.94 bits per heavy atom. The summed E-state index contributed by atoms with van der Waals surface area (Å²) in [7, 11) is 0. The lowest BCUT2D eigenvalue weighted by Crippen LogP contribution is -2.56. The first-order chi connectivity index (χ1) is 15.9. The van der Waals surface area contributed by atoms with Crippen LogP contribution in [-0.2, 0) is 0 Å². The number of fused-ring (bicyclic) bond motifs is 1. The molecule has 33 heavy (non-hydrogen) atoms. The normalized spacial score (nSPS) is 23.3. The van der Waals surface area contributed by atoms with Gasteiger partial charge in [-0.15, -0.1) is 5.10 Å². The molecule has 1 aromatic carbocycles. The maximum atomic E-state index is 14.5. The third kappa shape index (κ3) is 4.22. The second kappa shape index (κ2) is 8.58. The number of aromatic nitrogens is 3. The first-order valence-electron chi connectivity index (χ1n) is 11.3. The van der Waals surface area contributed by atoms with Crippen molar-refractivity contribution < 1.29 is 13.6 Å². The molecule has 2 aliphatic rings. The molecule has 2 aromatic heterocycles. The fourth-order valence-corrected chi connectivity index (χ4v) is 4.92. The maximum Gasteiger partial charge on any atom is 0.323 e. The third-order valence-corrected chi connectivity index (χ3v) is 6.29. The van der Waals surface area contributed by atoms with E-state index in [-0.39, 0.29) is 24.2 Å². The third-order valence-electron chi connectivity index (χ3n) is 6.29. The number of nitrogens with zero attached hydrogens (tertiary/aromatic N) is 5. The van der Waals surface area contributed by atoms with Gasteiger partial charge in [-0.2, -0.15) is 4.52 Å². The predicted molar refractivity (Wildman–Crippen MR) is 121 cm³/mol. The molecule has 10 heteroatoms. The van der Waals surface area contributed by atoms with E-state index in [1.807, 2.05) is 30.9 Å². The van der Waals surface area contributed by atoms with E-state index < -0.39 is 11.6 Å². The smallest absolute Gasteiger partial charge is 0.323 e. The summed E-state index contributed by atoms with van der Waals surface area (Å²) in [4.78, 5) is 21.0. The molecule has 2 N–H and O–H groups in total. The lowest BCUT2D eigenvalue weighted by atomic mass is 10.0. The van der Waals surface area contributed by atoms with Crippen LogP contribution >= 0.6 is 0 Å². The molecule has 2 aliphatic heterocycles. The first-order valence-corrected chi connectivity index (χ1v) is 11.3. The van der Waals surface area contributed by atoms with Gasteiger partial charge in [0, 0.05) is 37.3 Å². The summed E-state index contributed by atoms with van der Waals surface area (Å²) in [6, 6.07) is 7.09. The number of halogens is 2. The molecule has 5 rings (SSSR count). The molecule has 0 saturated carbocycles. The molecule has 0 radical (unpaired) electrons. The van der Waals surface area contributed by atoms with Crippen LogP contribution in [0.25, 0.3) is 5.65 Å². The summed E-state index contributed by atoms with van der Waals surface area (Å²) in [5.74, 6) is 0.192. The van der Waals surface area contributed by atoms with E-state index in [1.54, 1.807) is 15.6 Å². The fourth-order valence-electron chi connectivity index (χ4n) is 4.92. The number of anilines is 2. The average molecular weight is 456 g/mol. The Labute approximate surface area is 190 Å². The Balaban J connectivity index is 1.41. The zero-order chi connectivity index (χ0) is 23.1. The van der Waals surface area contributed by atoms with E-state index in [0.29, 0.717) is 48.9 Å². The summed E-state index contributed by atoms with van der Waals surface area (Å²) in [5.41, 5.74) is 0.916. The number of amides is 2. The van der Waals surface area contributed by atoms with Crippen molar-refractivity contribution in [2.24, 2.45) is 0 Å². The van der Waals surface area contributed by atoms with Crippen LogP contribution in [0.5, 0.6) is 0 Å². The van der Waals surface area contributed by atoms with Crippen molar-refractivity contribution in [3.05, 3.63) is 53.7 Å². The summed E-state index contributed by atoms with van der Waals surface area (Å²) >= 11 is 0. The number of nitrogens with one attached hydrogen (secondary N) is 2. The molecule has 174 valence electrons. The molecule has 2 saturated heterocycles. The molecular weight excluding hydrogens is 428 g/mol. The number of piperazine rings is 1. The zero-order valence-electron chi connectivity index (χ0n) is 18.6. The summed E-state index contributed by atoms with van der Waals surface area (Å²) < 4.78 is 29.9. The van der Waals surface area contributed by atoms with Crippen molar-refractivity contribution in [3.8, 4) is 0 Å². The van der Waals surface area contributed by atoms with Crippen LogP contribution in [0.2, 0.25) is 0 Å².